The van der Waals surface area contributed by atoms with Gasteiger partial charge in [0.15, 0.2) is 0 Å². The molecule has 199 valence electrons. The number of phenols is 2. The van der Waals surface area contributed by atoms with Gasteiger partial charge in [0.05, 0.1) is 12.1 Å². The molecule has 0 aliphatic heterocycles. The second-order valence-corrected chi connectivity index (χ2v) is 12.1. The quantitative estimate of drug-likeness (QED) is 0.393. The van der Waals surface area contributed by atoms with E-state index in [9.17, 15) is 10.2 Å². The van der Waals surface area contributed by atoms with Crippen molar-refractivity contribution in [1.82, 2.24) is 0 Å². The van der Waals surface area contributed by atoms with E-state index in [4.69, 9.17) is 33.2 Å². The molecule has 1 radical (unpaired) electrons. The Balaban J connectivity index is 0.00000324. The van der Waals surface area contributed by atoms with Gasteiger partial charge in [-0.05, 0) is 47.9 Å². The van der Waals surface area contributed by atoms with Crippen LogP contribution in [0.15, 0.2) is 34.3 Å². The standard InChI is InChI=1S/C28H36Cl2N2O2.ClH.Mn/c1-27(2,3)21-13-19(29)11-17(25(21)33)15-31-23-9-7-8-10-24(23)32-16-18-12-20(30)14-22(26(18)34)28(4,5)6;;/h11-16,23-24,33-34H,7-10H2,1-6H3;1H;/p-1. The fourth-order valence-electron chi connectivity index (χ4n) is 4.37. The van der Waals surface area contributed by atoms with Crippen molar-refractivity contribution in [2.45, 2.75) is 90.1 Å². The van der Waals surface area contributed by atoms with E-state index in [2.05, 4.69) is 0 Å². The fraction of sp³-hybridized carbons (Fsp3) is 0.500. The number of hydrogen-bond acceptors (Lipinski definition) is 4. The van der Waals surface area contributed by atoms with Crippen molar-refractivity contribution in [3.63, 3.8) is 0 Å². The van der Waals surface area contributed by atoms with Crippen molar-refractivity contribution in [3.05, 3.63) is 56.6 Å². The summed E-state index contributed by atoms with van der Waals surface area (Å²) in [5.41, 5.74) is 2.36. The molecular formula is C28H36Cl3MnN2O2-. The fourth-order valence-corrected chi connectivity index (χ4v) is 4.83. The van der Waals surface area contributed by atoms with Crippen LogP contribution in [0.3, 0.4) is 0 Å². The minimum absolute atomic E-state index is 0. The first-order valence-corrected chi connectivity index (χ1v) is 12.7. The van der Waals surface area contributed by atoms with Crippen LogP contribution < -0.4 is 12.4 Å². The molecule has 8 heteroatoms. The predicted octanol–water partition coefficient (Wildman–Crippen LogP) is 4.85. The third-order valence-corrected chi connectivity index (χ3v) is 6.76. The first kappa shape index (κ1) is 32.8. The van der Waals surface area contributed by atoms with Gasteiger partial charge >= 0.3 is 0 Å². The Morgan fingerprint density at radius 1 is 0.722 bits per heavy atom. The summed E-state index contributed by atoms with van der Waals surface area (Å²) >= 11 is 12.7. The van der Waals surface area contributed by atoms with Crippen LogP contribution in [0.2, 0.25) is 10.0 Å². The van der Waals surface area contributed by atoms with Crippen molar-refractivity contribution in [3.8, 4) is 11.5 Å². The molecule has 4 nitrogen and oxygen atoms in total. The second-order valence-electron chi connectivity index (χ2n) is 11.3. The van der Waals surface area contributed by atoms with Gasteiger partial charge in [-0.3, -0.25) is 9.98 Å². The van der Waals surface area contributed by atoms with Gasteiger partial charge in [0.1, 0.15) is 11.5 Å². The van der Waals surface area contributed by atoms with Gasteiger partial charge < -0.3 is 22.6 Å². The molecule has 0 amide bonds. The molecule has 2 N–H and O–H groups in total. The Morgan fingerprint density at radius 2 is 1.06 bits per heavy atom. The molecule has 0 bridgehead atoms. The Hall–Kier alpha value is -1.23. The van der Waals surface area contributed by atoms with Gasteiger partial charge in [-0.1, -0.05) is 77.6 Å². The molecule has 1 aliphatic carbocycles. The summed E-state index contributed by atoms with van der Waals surface area (Å²) in [6.07, 6.45) is 7.45. The van der Waals surface area contributed by atoms with E-state index in [0.717, 1.165) is 36.8 Å². The Bertz CT molecular complexity index is 1020. The minimum Gasteiger partial charge on any atom is -1.00 e. The number of aliphatic imine (C=N–C) groups is 2. The third-order valence-electron chi connectivity index (χ3n) is 6.33. The molecule has 1 fully saturated rings. The maximum Gasteiger partial charge on any atom is 0.128 e. The molecule has 2 aromatic carbocycles. The summed E-state index contributed by atoms with van der Waals surface area (Å²) in [5, 5.41) is 22.8. The monoisotopic (exact) mass is 592 g/mol. The molecular weight excluding hydrogens is 558 g/mol. The Kier molecular flexibility index (Phi) is 11.9. The second kappa shape index (κ2) is 13.0. The number of nitrogens with zero attached hydrogens (tertiary/aromatic N) is 2. The zero-order valence-electron chi connectivity index (χ0n) is 21.7. The smallest absolute Gasteiger partial charge is 0.128 e. The molecule has 1 aliphatic rings. The molecule has 2 aromatic rings. The third kappa shape index (κ3) is 8.13. The van der Waals surface area contributed by atoms with E-state index in [1.165, 1.54) is 0 Å². The zero-order chi connectivity index (χ0) is 25.3. The van der Waals surface area contributed by atoms with Crippen LogP contribution in [0.25, 0.3) is 0 Å². The van der Waals surface area contributed by atoms with E-state index in [0.29, 0.717) is 21.2 Å². The molecule has 0 heterocycles. The summed E-state index contributed by atoms with van der Waals surface area (Å²) in [7, 11) is 0. The summed E-state index contributed by atoms with van der Waals surface area (Å²) < 4.78 is 0. The van der Waals surface area contributed by atoms with E-state index in [-0.39, 0.29) is 63.9 Å². The van der Waals surface area contributed by atoms with Crippen LogP contribution in [0.4, 0.5) is 0 Å². The van der Waals surface area contributed by atoms with Crippen LogP contribution in [0.1, 0.15) is 89.5 Å². The largest absolute Gasteiger partial charge is 1.00 e. The average Bonchev–Trinajstić information content (AvgIpc) is 2.73. The van der Waals surface area contributed by atoms with Gasteiger partial charge in [-0.2, -0.15) is 0 Å². The molecule has 2 unspecified atom stereocenters. The summed E-state index contributed by atoms with van der Waals surface area (Å²) in [6.45, 7) is 12.3. The van der Waals surface area contributed by atoms with Gasteiger partial charge in [0.2, 0.25) is 0 Å². The van der Waals surface area contributed by atoms with Gasteiger partial charge in [-0.25, -0.2) is 0 Å². The van der Waals surface area contributed by atoms with E-state index in [1.54, 1.807) is 24.6 Å². The number of halogens is 3. The Morgan fingerprint density at radius 3 is 1.36 bits per heavy atom. The summed E-state index contributed by atoms with van der Waals surface area (Å²) in [5.74, 6) is 0.435. The van der Waals surface area contributed by atoms with Crippen LogP contribution in [0, 0.1) is 0 Å². The van der Waals surface area contributed by atoms with Gasteiger partial charge in [0.25, 0.3) is 0 Å². The number of benzene rings is 2. The van der Waals surface area contributed by atoms with Crippen LogP contribution in [-0.4, -0.2) is 34.7 Å². The molecule has 1 saturated carbocycles. The maximum atomic E-state index is 10.8. The number of hydrogen-bond donors (Lipinski definition) is 2. The Labute approximate surface area is 242 Å². The van der Waals surface area contributed by atoms with E-state index in [1.807, 2.05) is 53.7 Å². The SMILES string of the molecule is CC(C)(C)c1cc(Cl)cc(C=NC2CCCCC2N=Cc2cc(Cl)cc(C(C)(C)C)c2O)c1O.[Cl-].[Mn]. The molecule has 0 aromatic heterocycles. The first-order valence-electron chi connectivity index (χ1n) is 11.9. The maximum absolute atomic E-state index is 10.8. The number of aromatic hydroxyl groups is 2. The van der Waals surface area contributed by atoms with E-state index >= 15 is 0 Å². The molecule has 36 heavy (non-hydrogen) atoms. The number of rotatable bonds is 4. The topological polar surface area (TPSA) is 65.2 Å². The summed E-state index contributed by atoms with van der Waals surface area (Å²) in [4.78, 5) is 9.65. The van der Waals surface area contributed by atoms with E-state index < -0.39 is 0 Å². The van der Waals surface area contributed by atoms with Crippen LogP contribution in [-0.2, 0) is 27.9 Å². The zero-order valence-corrected chi connectivity index (χ0v) is 25.2. The first-order chi connectivity index (χ1) is 15.8. The van der Waals surface area contributed by atoms with Gasteiger partial charge in [0, 0.05) is 61.8 Å². The van der Waals surface area contributed by atoms with Crippen LogP contribution in [0.5, 0.6) is 11.5 Å². The number of phenolic OH excluding ortho intramolecular Hbond substituents is 2. The molecule has 3 rings (SSSR count). The average molecular weight is 594 g/mol. The molecule has 2 atom stereocenters. The predicted molar refractivity (Wildman–Crippen MR) is 145 cm³/mol. The van der Waals surface area contributed by atoms with Crippen molar-refractivity contribution in [2.75, 3.05) is 0 Å². The summed E-state index contributed by atoms with van der Waals surface area (Å²) in [6, 6.07) is 7.09. The van der Waals surface area contributed by atoms with Crippen molar-refractivity contribution in [1.29, 1.82) is 0 Å². The molecule has 0 saturated heterocycles. The normalized spacial score (nSPS) is 18.8. The van der Waals surface area contributed by atoms with Crippen LogP contribution >= 0.6 is 23.2 Å². The minimum atomic E-state index is -0.236. The van der Waals surface area contributed by atoms with Gasteiger partial charge in [-0.15, -0.1) is 0 Å². The van der Waals surface area contributed by atoms with Crippen molar-refractivity contribution < 1.29 is 39.7 Å². The van der Waals surface area contributed by atoms with Crippen molar-refractivity contribution in [2.24, 2.45) is 9.98 Å². The molecule has 0 spiro atoms. The van der Waals surface area contributed by atoms with Crippen molar-refractivity contribution >= 4 is 35.6 Å².